The van der Waals surface area contributed by atoms with Gasteiger partial charge in [0.1, 0.15) is 6.10 Å². The maximum atomic E-state index is 10.3. The highest BCUT2D eigenvalue weighted by molar-refractivity contribution is 6.57. The summed E-state index contributed by atoms with van der Waals surface area (Å²) < 4.78 is 22.2. The van der Waals surface area contributed by atoms with Gasteiger partial charge in [-0.2, -0.15) is 0 Å². The third kappa shape index (κ3) is 29.9. The quantitative estimate of drug-likeness (QED) is 0.0446. The number of hydrogen-bond donors (Lipinski definition) is 4. The number of aliphatic hydroxyl groups is 2. The molecule has 0 aliphatic carbocycles. The number of nitrogens with zero attached hydrogens (tertiary/aromatic N) is 1. The molecule has 0 aromatic heterocycles. The number of ether oxygens (including phenoxy) is 3. The maximum absolute atomic E-state index is 10.3. The summed E-state index contributed by atoms with van der Waals surface area (Å²) >= 11 is 0. The van der Waals surface area contributed by atoms with E-state index in [4.69, 9.17) is 23.7 Å². The number of unbranched alkanes of at least 4 members (excludes halogenated alkanes) is 15. The Labute approximate surface area is 259 Å². The molecule has 0 fully saturated rings. The van der Waals surface area contributed by atoms with Crippen molar-refractivity contribution in [3.8, 4) is 0 Å². The molecule has 1 atom stereocenters. The minimum Gasteiger partial charge on any atom is -0.394 e. The molecule has 0 aromatic carbocycles. The van der Waals surface area contributed by atoms with E-state index < -0.39 is 14.9 Å². The van der Waals surface area contributed by atoms with Gasteiger partial charge in [0.15, 0.2) is 0 Å². The third-order valence-electron chi connectivity index (χ3n) is 7.77. The number of aliphatic hydroxyl groups excluding tert-OH is 2. The van der Waals surface area contributed by atoms with Crippen molar-refractivity contribution in [1.82, 2.24) is 0 Å². The van der Waals surface area contributed by atoms with Gasteiger partial charge >= 0.3 is 8.80 Å². The molecule has 0 rings (SSSR count). The van der Waals surface area contributed by atoms with E-state index in [1.165, 1.54) is 103 Å². The number of quaternary nitrogens is 1. The molecule has 10 heteroatoms. The minimum absolute atomic E-state index is 0.0382. The van der Waals surface area contributed by atoms with Gasteiger partial charge in [-0.05, 0) is 12.8 Å². The van der Waals surface area contributed by atoms with Crippen LogP contribution in [0.1, 0.15) is 116 Å². The molecule has 0 aromatic rings. The first-order chi connectivity index (χ1) is 20.3. The van der Waals surface area contributed by atoms with Crippen LogP contribution in [0.25, 0.3) is 0 Å². The van der Waals surface area contributed by atoms with Crippen LogP contribution >= 0.6 is 0 Å². The largest absolute Gasteiger partial charge is 0.495 e. The van der Waals surface area contributed by atoms with E-state index in [0.717, 1.165) is 17.6 Å². The zero-order valence-corrected chi connectivity index (χ0v) is 28.7. The molecule has 42 heavy (non-hydrogen) atoms. The monoisotopic (exact) mass is 624 g/mol. The molecule has 0 saturated carbocycles. The minimum atomic E-state index is -3.71. The highest BCUT2D eigenvalue weighted by Gasteiger charge is 2.32. The molecule has 0 spiro atoms. The Morgan fingerprint density at radius 2 is 1.10 bits per heavy atom. The first-order valence-corrected chi connectivity index (χ1v) is 19.2. The van der Waals surface area contributed by atoms with Crippen LogP contribution in [0, 0.1) is 0 Å². The van der Waals surface area contributed by atoms with E-state index in [1.807, 2.05) is 0 Å². The smallest absolute Gasteiger partial charge is 0.394 e. The van der Waals surface area contributed by atoms with Crippen LogP contribution in [0.4, 0.5) is 0 Å². The average molecular weight is 625 g/mol. The van der Waals surface area contributed by atoms with E-state index in [-0.39, 0.29) is 45.7 Å². The second kappa shape index (κ2) is 29.6. The SMILES string of the molecule is CCCCCCCCCCCCCCCCCC[N+](C)(C)CCC[Si](O)(O)OCCOCC(CO)OCCOCCO. The fourth-order valence-corrected chi connectivity index (χ4v) is 6.26. The number of hydrogen-bond acceptors (Lipinski definition) is 8. The molecular weight excluding hydrogens is 554 g/mol. The molecule has 1 unspecified atom stereocenters. The van der Waals surface area contributed by atoms with Gasteiger partial charge in [-0.3, -0.25) is 0 Å². The molecule has 0 saturated heterocycles. The van der Waals surface area contributed by atoms with Crippen molar-refractivity contribution in [2.75, 3.05) is 80.0 Å². The van der Waals surface area contributed by atoms with Gasteiger partial charge in [0.25, 0.3) is 0 Å². The molecule has 0 aliphatic heterocycles. The van der Waals surface area contributed by atoms with Crippen LogP contribution < -0.4 is 0 Å². The first-order valence-electron chi connectivity index (χ1n) is 17.2. The van der Waals surface area contributed by atoms with E-state index >= 15 is 0 Å². The van der Waals surface area contributed by atoms with Crippen molar-refractivity contribution in [2.45, 2.75) is 128 Å². The zero-order valence-electron chi connectivity index (χ0n) is 27.7. The van der Waals surface area contributed by atoms with E-state index in [1.54, 1.807) is 0 Å². The topological polar surface area (TPSA) is 118 Å². The van der Waals surface area contributed by atoms with Crippen molar-refractivity contribution in [2.24, 2.45) is 0 Å². The lowest BCUT2D eigenvalue weighted by molar-refractivity contribution is -0.890. The summed E-state index contributed by atoms with van der Waals surface area (Å²) in [5, 5.41) is 18.0. The maximum Gasteiger partial charge on any atom is 0.495 e. The van der Waals surface area contributed by atoms with Crippen molar-refractivity contribution in [1.29, 1.82) is 0 Å². The Hall–Kier alpha value is -0.143. The molecule has 254 valence electrons. The molecule has 0 radical (unpaired) electrons. The molecule has 4 N–H and O–H groups in total. The second-order valence-corrected chi connectivity index (χ2v) is 14.7. The lowest BCUT2D eigenvalue weighted by Crippen LogP contribution is -2.44. The van der Waals surface area contributed by atoms with Crippen LogP contribution in [0.15, 0.2) is 0 Å². The summed E-state index contributed by atoms with van der Waals surface area (Å²) in [6.45, 7) is 5.40. The summed E-state index contributed by atoms with van der Waals surface area (Å²) in [5.41, 5.74) is 0. The Balaban J connectivity index is 3.65. The van der Waals surface area contributed by atoms with Crippen molar-refractivity contribution < 1.29 is 42.9 Å². The second-order valence-electron chi connectivity index (χ2n) is 12.5. The van der Waals surface area contributed by atoms with Gasteiger partial charge in [0, 0.05) is 12.5 Å². The molecule has 0 amide bonds. The van der Waals surface area contributed by atoms with Crippen molar-refractivity contribution in [3.63, 3.8) is 0 Å². The summed E-state index contributed by atoms with van der Waals surface area (Å²) in [5.74, 6) is 0. The molecule has 9 nitrogen and oxygen atoms in total. The van der Waals surface area contributed by atoms with Crippen molar-refractivity contribution in [3.05, 3.63) is 0 Å². The standard InChI is InChI=1S/C32H70NO8Si/c1-4-5-6-7-8-9-10-11-12-13-14-15-16-17-18-19-21-33(2,3)22-20-29-42(36,37)41-28-26-39-31-32(30-35)40-27-25-38-24-23-34/h32,34-37H,4-31H2,1-3H3/q+1. The Morgan fingerprint density at radius 3 is 1.62 bits per heavy atom. The highest BCUT2D eigenvalue weighted by atomic mass is 28.4. The molecule has 0 heterocycles. The van der Waals surface area contributed by atoms with Gasteiger partial charge in [0.2, 0.25) is 0 Å². The molecule has 0 bridgehead atoms. The average Bonchev–Trinajstić information content (AvgIpc) is 2.95. The summed E-state index contributed by atoms with van der Waals surface area (Å²) in [4.78, 5) is 20.6. The van der Waals surface area contributed by atoms with Crippen LogP contribution in [-0.2, 0) is 18.6 Å². The Bertz CT molecular complexity index is 557. The Morgan fingerprint density at radius 1 is 0.595 bits per heavy atom. The predicted molar refractivity (Wildman–Crippen MR) is 173 cm³/mol. The van der Waals surface area contributed by atoms with Gasteiger partial charge in [-0.1, -0.05) is 96.8 Å². The van der Waals surface area contributed by atoms with Gasteiger partial charge < -0.3 is 42.9 Å². The fourth-order valence-electron chi connectivity index (χ4n) is 5.08. The van der Waals surface area contributed by atoms with Crippen LogP contribution in [0.2, 0.25) is 6.04 Å². The van der Waals surface area contributed by atoms with E-state index in [9.17, 15) is 14.7 Å². The fraction of sp³-hybridized carbons (Fsp3) is 1.00. The van der Waals surface area contributed by atoms with Gasteiger partial charge in [0.05, 0.1) is 80.0 Å². The van der Waals surface area contributed by atoms with E-state index in [0.29, 0.717) is 19.6 Å². The van der Waals surface area contributed by atoms with Crippen molar-refractivity contribution >= 4 is 8.80 Å². The predicted octanol–water partition coefficient (Wildman–Crippen LogP) is 5.06. The normalized spacial score (nSPS) is 13.2. The summed E-state index contributed by atoms with van der Waals surface area (Å²) in [6, 6.07) is 0.282. The number of rotatable bonds is 34. The van der Waals surface area contributed by atoms with Gasteiger partial charge in [-0.15, -0.1) is 0 Å². The molecular formula is C32H70NO8Si+. The Kier molecular flexibility index (Phi) is 29.5. The van der Waals surface area contributed by atoms with Crippen LogP contribution in [0.3, 0.4) is 0 Å². The zero-order chi connectivity index (χ0) is 31.2. The van der Waals surface area contributed by atoms with Crippen LogP contribution in [0.5, 0.6) is 0 Å². The first kappa shape index (κ1) is 41.9. The lowest BCUT2D eigenvalue weighted by Gasteiger charge is -2.30. The molecule has 0 aliphatic rings. The third-order valence-corrected chi connectivity index (χ3v) is 9.44. The summed E-state index contributed by atoms with van der Waals surface area (Å²) in [6.07, 6.45) is 22.3. The summed E-state index contributed by atoms with van der Waals surface area (Å²) in [7, 11) is 0.731. The lowest BCUT2D eigenvalue weighted by atomic mass is 10.0. The van der Waals surface area contributed by atoms with E-state index in [2.05, 4.69) is 21.0 Å². The highest BCUT2D eigenvalue weighted by Crippen LogP contribution is 2.15. The van der Waals surface area contributed by atoms with Crippen LogP contribution in [-0.4, -0.2) is 119 Å². The van der Waals surface area contributed by atoms with Gasteiger partial charge in [-0.25, -0.2) is 0 Å².